The van der Waals surface area contributed by atoms with E-state index < -0.39 is 0 Å². The van der Waals surface area contributed by atoms with E-state index >= 15 is 0 Å². The number of nitrogens with zero attached hydrogens (tertiary/aromatic N) is 1. The van der Waals surface area contributed by atoms with Gasteiger partial charge in [0, 0.05) is 10.0 Å². The van der Waals surface area contributed by atoms with Gasteiger partial charge in [-0.25, -0.2) is 4.98 Å². The largest absolute Gasteiger partial charge is 0.488 e. The summed E-state index contributed by atoms with van der Waals surface area (Å²) in [7, 11) is 0. The molecule has 0 amide bonds. The van der Waals surface area contributed by atoms with Crippen LogP contribution in [0.2, 0.25) is 0 Å². The maximum atomic E-state index is 5.80. The lowest BCUT2D eigenvalue weighted by molar-refractivity contribution is 0.309. The molecule has 1 aromatic heterocycles. The molecule has 3 rings (SSSR count). The topological polar surface area (TPSA) is 22.1 Å². The maximum absolute atomic E-state index is 5.80. The Morgan fingerprint density at radius 3 is 2.48 bits per heavy atom. The highest BCUT2D eigenvalue weighted by molar-refractivity contribution is 9.10. The molecule has 2 aromatic carbocycles. The first-order valence-corrected chi connectivity index (χ1v) is 8.23. The fourth-order valence-corrected chi connectivity index (χ4v) is 3.19. The van der Waals surface area contributed by atoms with Crippen LogP contribution in [0.4, 0.5) is 0 Å². The molecule has 0 N–H and O–H groups in total. The Bertz CT molecular complexity index is 722. The van der Waals surface area contributed by atoms with Crippen LogP contribution in [0.5, 0.6) is 5.75 Å². The summed E-state index contributed by atoms with van der Waals surface area (Å²) in [4.78, 5) is 5.81. The van der Waals surface area contributed by atoms with Crippen LogP contribution < -0.4 is 4.74 Å². The molecule has 0 atom stereocenters. The highest BCUT2D eigenvalue weighted by Crippen LogP contribution is 2.29. The molecule has 1 heterocycles. The van der Waals surface area contributed by atoms with E-state index in [-0.39, 0.29) is 0 Å². The summed E-state index contributed by atoms with van der Waals surface area (Å²) in [5.41, 5.74) is 2.17. The Morgan fingerprint density at radius 2 is 1.76 bits per heavy atom. The Kier molecular flexibility index (Phi) is 4.36. The van der Waals surface area contributed by atoms with Gasteiger partial charge in [0.2, 0.25) is 0 Å². The Labute approximate surface area is 136 Å². The second kappa shape index (κ2) is 6.41. The van der Waals surface area contributed by atoms with Crippen LogP contribution in [0, 0.1) is 6.92 Å². The summed E-state index contributed by atoms with van der Waals surface area (Å²) in [6, 6.07) is 18.1. The van der Waals surface area contributed by atoms with E-state index in [0.29, 0.717) is 6.61 Å². The molecule has 106 valence electrons. The average molecular weight is 360 g/mol. The van der Waals surface area contributed by atoms with Crippen LogP contribution in [0.1, 0.15) is 10.6 Å². The summed E-state index contributed by atoms with van der Waals surface area (Å²) in [6.07, 6.45) is 0. The number of hydrogen-bond acceptors (Lipinski definition) is 3. The van der Waals surface area contributed by atoms with Crippen LogP contribution in [0.25, 0.3) is 10.6 Å². The maximum Gasteiger partial charge on any atom is 0.124 e. The zero-order valence-corrected chi connectivity index (χ0v) is 13.9. The monoisotopic (exact) mass is 359 g/mol. The van der Waals surface area contributed by atoms with E-state index in [2.05, 4.69) is 33.0 Å². The van der Waals surface area contributed by atoms with Crippen molar-refractivity contribution in [1.29, 1.82) is 0 Å². The minimum absolute atomic E-state index is 0.560. The molecule has 0 radical (unpaired) electrons. The highest BCUT2D eigenvalue weighted by atomic mass is 79.9. The molecule has 0 saturated carbocycles. The summed E-state index contributed by atoms with van der Waals surface area (Å²) in [5, 5.41) is 1.03. The molecule has 0 fully saturated rings. The molecule has 4 heteroatoms. The third-order valence-corrected chi connectivity index (χ3v) is 4.81. The fourth-order valence-electron chi connectivity index (χ4n) is 1.94. The van der Waals surface area contributed by atoms with E-state index in [4.69, 9.17) is 4.74 Å². The van der Waals surface area contributed by atoms with Gasteiger partial charge in [-0.2, -0.15) is 0 Å². The van der Waals surface area contributed by atoms with E-state index in [0.717, 1.165) is 31.4 Å². The van der Waals surface area contributed by atoms with Gasteiger partial charge in [0.25, 0.3) is 0 Å². The van der Waals surface area contributed by atoms with Crippen molar-refractivity contribution in [2.75, 3.05) is 0 Å². The quantitative estimate of drug-likeness (QED) is 0.616. The van der Waals surface area contributed by atoms with Crippen LogP contribution in [0.3, 0.4) is 0 Å². The molecular weight excluding hydrogens is 346 g/mol. The highest BCUT2D eigenvalue weighted by Gasteiger charge is 2.10. The van der Waals surface area contributed by atoms with Gasteiger partial charge in [-0.05, 0) is 31.2 Å². The zero-order valence-electron chi connectivity index (χ0n) is 11.5. The Morgan fingerprint density at radius 1 is 1.05 bits per heavy atom. The summed E-state index contributed by atoms with van der Waals surface area (Å²) < 4.78 is 6.88. The van der Waals surface area contributed by atoms with E-state index in [9.17, 15) is 0 Å². The van der Waals surface area contributed by atoms with Crippen LogP contribution in [-0.4, -0.2) is 4.98 Å². The van der Waals surface area contributed by atoms with Crippen LogP contribution >= 0.6 is 27.3 Å². The van der Waals surface area contributed by atoms with E-state index in [1.165, 1.54) is 0 Å². The van der Waals surface area contributed by atoms with Gasteiger partial charge in [0.15, 0.2) is 0 Å². The molecule has 0 spiro atoms. The number of benzene rings is 2. The molecule has 0 bridgehead atoms. The SMILES string of the molecule is Cc1nc(-c2ccc(Br)cc2)sc1COc1ccccc1. The number of thiazole rings is 1. The standard InChI is InChI=1S/C17H14BrNOS/c1-12-16(11-20-15-5-3-2-4-6-15)21-17(19-12)13-7-9-14(18)10-8-13/h2-10H,11H2,1H3. The molecule has 0 aliphatic heterocycles. The summed E-state index contributed by atoms with van der Waals surface area (Å²) in [6.45, 7) is 2.59. The lowest BCUT2D eigenvalue weighted by Gasteiger charge is -2.03. The molecule has 2 nitrogen and oxygen atoms in total. The summed E-state index contributed by atoms with van der Waals surface area (Å²) >= 11 is 5.14. The minimum atomic E-state index is 0.560. The van der Waals surface area contributed by atoms with Gasteiger partial charge < -0.3 is 4.74 Å². The van der Waals surface area contributed by atoms with Crippen molar-refractivity contribution in [2.45, 2.75) is 13.5 Å². The zero-order chi connectivity index (χ0) is 14.7. The van der Waals surface area contributed by atoms with Crippen molar-refractivity contribution < 1.29 is 4.74 Å². The first-order chi connectivity index (χ1) is 10.2. The van der Waals surface area contributed by atoms with Crippen molar-refractivity contribution in [3.05, 3.63) is 69.6 Å². The lowest BCUT2D eigenvalue weighted by Crippen LogP contribution is -1.94. The number of rotatable bonds is 4. The number of hydrogen-bond donors (Lipinski definition) is 0. The normalized spacial score (nSPS) is 10.6. The molecule has 3 aromatic rings. The van der Waals surface area contributed by atoms with Gasteiger partial charge in [0.1, 0.15) is 17.4 Å². The Balaban J connectivity index is 1.77. The second-order valence-electron chi connectivity index (χ2n) is 4.64. The van der Waals surface area contributed by atoms with Gasteiger partial charge in [-0.15, -0.1) is 11.3 Å². The third kappa shape index (κ3) is 3.52. The average Bonchev–Trinajstić information content (AvgIpc) is 2.88. The number of halogens is 1. The van der Waals surface area contributed by atoms with Gasteiger partial charge in [-0.3, -0.25) is 0 Å². The number of aromatic nitrogens is 1. The number of para-hydroxylation sites is 1. The fraction of sp³-hybridized carbons (Fsp3) is 0.118. The first-order valence-electron chi connectivity index (χ1n) is 6.62. The van der Waals surface area contributed by atoms with Crippen molar-refractivity contribution in [3.63, 3.8) is 0 Å². The predicted octanol–water partition coefficient (Wildman–Crippen LogP) is 5.46. The third-order valence-electron chi connectivity index (χ3n) is 3.10. The Hall–Kier alpha value is -1.65. The molecule has 0 aliphatic carbocycles. The lowest BCUT2D eigenvalue weighted by atomic mass is 10.2. The predicted molar refractivity (Wildman–Crippen MR) is 90.8 cm³/mol. The first kappa shape index (κ1) is 14.3. The molecular formula is C17H14BrNOS. The van der Waals surface area contributed by atoms with Crippen LogP contribution in [0.15, 0.2) is 59.1 Å². The smallest absolute Gasteiger partial charge is 0.124 e. The van der Waals surface area contributed by atoms with Gasteiger partial charge in [0.05, 0.1) is 10.6 Å². The van der Waals surface area contributed by atoms with Crippen molar-refractivity contribution in [1.82, 2.24) is 4.98 Å². The second-order valence-corrected chi connectivity index (χ2v) is 6.64. The number of ether oxygens (including phenoxy) is 1. The molecule has 0 unspecified atom stereocenters. The molecule has 21 heavy (non-hydrogen) atoms. The molecule has 0 saturated heterocycles. The van der Waals surface area contributed by atoms with Crippen molar-refractivity contribution >= 4 is 27.3 Å². The van der Waals surface area contributed by atoms with Crippen molar-refractivity contribution in [2.24, 2.45) is 0 Å². The van der Waals surface area contributed by atoms with Crippen LogP contribution in [-0.2, 0) is 6.61 Å². The van der Waals surface area contributed by atoms with Gasteiger partial charge in [-0.1, -0.05) is 46.3 Å². The minimum Gasteiger partial charge on any atom is -0.488 e. The van der Waals surface area contributed by atoms with Crippen molar-refractivity contribution in [3.8, 4) is 16.3 Å². The van der Waals surface area contributed by atoms with E-state index in [1.807, 2.05) is 49.4 Å². The van der Waals surface area contributed by atoms with E-state index in [1.54, 1.807) is 11.3 Å². The van der Waals surface area contributed by atoms with Gasteiger partial charge >= 0.3 is 0 Å². The summed E-state index contributed by atoms with van der Waals surface area (Å²) in [5.74, 6) is 0.885. The number of aryl methyl sites for hydroxylation is 1. The molecule has 0 aliphatic rings.